The Bertz CT molecular complexity index is 987. The number of benzene rings is 2. The Kier molecular flexibility index (Phi) is 7.27. The van der Waals surface area contributed by atoms with E-state index in [9.17, 15) is 4.79 Å². The van der Waals surface area contributed by atoms with Gasteiger partial charge in [0.15, 0.2) is 0 Å². The van der Waals surface area contributed by atoms with Crippen LogP contribution in [0.5, 0.6) is 0 Å². The number of nitrogens with one attached hydrogen (secondary N) is 1. The van der Waals surface area contributed by atoms with Crippen LogP contribution in [0.4, 0.5) is 11.8 Å². The van der Waals surface area contributed by atoms with E-state index >= 15 is 0 Å². The molecule has 3 rings (SSSR count). The molecule has 0 spiro atoms. The van der Waals surface area contributed by atoms with Crippen molar-refractivity contribution < 1.29 is 14.0 Å². The summed E-state index contributed by atoms with van der Waals surface area (Å²) in [5.74, 6) is 0.102. The molecule has 8 heteroatoms. The largest absolute Gasteiger partial charge is 0.467 e. The predicted molar refractivity (Wildman–Crippen MR) is 129 cm³/mol. The van der Waals surface area contributed by atoms with Gasteiger partial charge in [-0.15, -0.1) is 0 Å². The Hall–Kier alpha value is -3.23. The van der Waals surface area contributed by atoms with Gasteiger partial charge in [0.1, 0.15) is 11.9 Å². The lowest BCUT2D eigenvalue weighted by Gasteiger charge is -2.43. The minimum absolute atomic E-state index is 0.101. The van der Waals surface area contributed by atoms with E-state index in [0.29, 0.717) is 5.82 Å². The second kappa shape index (κ2) is 9.93. The zero-order valence-corrected chi connectivity index (χ0v) is 19.9. The molecule has 7 nitrogen and oxygen atoms in total. The number of nitrogens with zero attached hydrogens (tertiary/aromatic N) is 2. The van der Waals surface area contributed by atoms with E-state index in [1.807, 2.05) is 36.4 Å². The lowest BCUT2D eigenvalue weighted by atomic mass is 10.2. The summed E-state index contributed by atoms with van der Waals surface area (Å²) in [6.45, 7) is 6.66. The van der Waals surface area contributed by atoms with Crippen LogP contribution in [-0.4, -0.2) is 44.0 Å². The number of hydrogen-bond acceptors (Lipinski definition) is 7. The van der Waals surface area contributed by atoms with Crippen LogP contribution in [0, 0.1) is 0 Å². The van der Waals surface area contributed by atoms with Crippen LogP contribution in [0.3, 0.4) is 0 Å². The third-order valence-corrected chi connectivity index (χ3v) is 10.4. The van der Waals surface area contributed by atoms with Gasteiger partial charge in [0.05, 0.1) is 13.7 Å². The van der Waals surface area contributed by atoms with E-state index in [-0.39, 0.29) is 17.6 Å². The molecule has 32 heavy (non-hydrogen) atoms. The van der Waals surface area contributed by atoms with Crippen LogP contribution < -0.4 is 21.4 Å². The summed E-state index contributed by atoms with van der Waals surface area (Å²) in [5, 5.41) is 5.14. The Morgan fingerprint density at radius 1 is 1.03 bits per heavy atom. The molecule has 1 heterocycles. The lowest BCUT2D eigenvalue weighted by molar-refractivity contribution is -0.142. The summed E-state index contributed by atoms with van der Waals surface area (Å²) in [6, 6.07) is 21.4. The van der Waals surface area contributed by atoms with Gasteiger partial charge in [0.2, 0.25) is 5.95 Å². The summed E-state index contributed by atoms with van der Waals surface area (Å²) in [6.07, 6.45) is 1.53. The topological polar surface area (TPSA) is 99.4 Å². The van der Waals surface area contributed by atoms with Crippen LogP contribution >= 0.6 is 0 Å². The Labute approximate surface area is 190 Å². The first kappa shape index (κ1) is 23.4. The molecule has 0 radical (unpaired) electrons. The smallest absolute Gasteiger partial charge is 0.330 e. The molecule has 3 aromatic rings. The number of ether oxygens (including phenoxy) is 1. The van der Waals surface area contributed by atoms with E-state index in [2.05, 4.69) is 60.3 Å². The average Bonchev–Trinajstić information content (AvgIpc) is 2.78. The summed E-state index contributed by atoms with van der Waals surface area (Å²) in [4.78, 5) is 20.7. The predicted octanol–water partition coefficient (Wildman–Crippen LogP) is 2.59. The van der Waals surface area contributed by atoms with Crippen molar-refractivity contribution in [3.63, 3.8) is 0 Å². The van der Waals surface area contributed by atoms with Gasteiger partial charge in [0, 0.05) is 6.20 Å². The second-order valence-electron chi connectivity index (χ2n) is 8.49. The number of carbonyl (C=O) groups is 1. The summed E-state index contributed by atoms with van der Waals surface area (Å²) >= 11 is 0. The van der Waals surface area contributed by atoms with Crippen molar-refractivity contribution >= 4 is 36.4 Å². The Balaban J connectivity index is 2.02. The van der Waals surface area contributed by atoms with Crippen LogP contribution in [0.25, 0.3) is 0 Å². The lowest BCUT2D eigenvalue weighted by Crippen LogP contribution is -2.67. The zero-order chi connectivity index (χ0) is 23.2. The summed E-state index contributed by atoms with van der Waals surface area (Å²) in [5.41, 5.74) is 5.69. The molecule has 0 aliphatic rings. The van der Waals surface area contributed by atoms with Crippen molar-refractivity contribution in [2.45, 2.75) is 31.9 Å². The second-order valence-corrected chi connectivity index (χ2v) is 12.8. The molecule has 0 aliphatic carbocycles. The maximum absolute atomic E-state index is 12.6. The molecule has 0 saturated carbocycles. The van der Waals surface area contributed by atoms with Gasteiger partial charge in [-0.05, 0) is 21.5 Å². The van der Waals surface area contributed by atoms with E-state index in [1.54, 1.807) is 6.07 Å². The van der Waals surface area contributed by atoms with E-state index in [1.165, 1.54) is 13.3 Å². The minimum Gasteiger partial charge on any atom is -0.467 e. The molecule has 1 atom stereocenters. The highest BCUT2D eigenvalue weighted by atomic mass is 28.4. The summed E-state index contributed by atoms with van der Waals surface area (Å²) in [7, 11) is -1.45. The molecule has 0 bridgehead atoms. The molecular weight excluding hydrogens is 420 g/mol. The molecule has 2 aromatic carbocycles. The fourth-order valence-electron chi connectivity index (χ4n) is 3.91. The Morgan fingerprint density at radius 3 is 2.06 bits per heavy atom. The van der Waals surface area contributed by atoms with Crippen molar-refractivity contribution in [3.05, 3.63) is 72.9 Å². The number of nitrogens with two attached hydrogens (primary N) is 1. The van der Waals surface area contributed by atoms with Crippen LogP contribution in [0.1, 0.15) is 20.8 Å². The Morgan fingerprint density at radius 2 is 1.59 bits per heavy atom. The number of nitrogen functional groups attached to an aromatic ring is 1. The van der Waals surface area contributed by atoms with E-state index in [4.69, 9.17) is 14.9 Å². The molecule has 1 aromatic heterocycles. The van der Waals surface area contributed by atoms with Gasteiger partial charge >= 0.3 is 5.97 Å². The van der Waals surface area contributed by atoms with Gasteiger partial charge in [-0.3, -0.25) is 0 Å². The highest BCUT2D eigenvalue weighted by Crippen LogP contribution is 2.36. The third-order valence-electron chi connectivity index (χ3n) is 5.37. The van der Waals surface area contributed by atoms with Crippen LogP contribution in [-0.2, 0) is 14.0 Å². The number of rotatable bonds is 8. The minimum atomic E-state index is -2.80. The standard InChI is InChI=1S/C24H30N4O3Si/c1-24(2,3)32(18-11-7-5-8-12-18,19-13-9-6-10-14-19)31-17-20(22(29)30-4)27-21-15-16-26-23(25)28-21/h5-16,20H,17H2,1-4H3,(H3,25,26,27,28)/t20-/m1/s1. The molecule has 0 unspecified atom stereocenters. The quantitative estimate of drug-likeness (QED) is 0.402. The number of anilines is 2. The van der Waals surface area contributed by atoms with Gasteiger partial charge in [-0.1, -0.05) is 81.4 Å². The van der Waals surface area contributed by atoms with Gasteiger partial charge in [0.25, 0.3) is 8.32 Å². The van der Waals surface area contributed by atoms with Crippen molar-refractivity contribution in [2.24, 2.45) is 0 Å². The first-order valence-electron chi connectivity index (χ1n) is 10.5. The highest BCUT2D eigenvalue weighted by molar-refractivity contribution is 6.99. The molecule has 3 N–H and O–H groups in total. The summed E-state index contributed by atoms with van der Waals surface area (Å²) < 4.78 is 11.9. The molecule has 0 fully saturated rings. The normalized spacial score (nSPS) is 12.8. The van der Waals surface area contributed by atoms with Gasteiger partial charge in [-0.2, -0.15) is 4.98 Å². The highest BCUT2D eigenvalue weighted by Gasteiger charge is 2.50. The maximum atomic E-state index is 12.6. The third kappa shape index (κ3) is 4.98. The maximum Gasteiger partial charge on any atom is 0.330 e. The fourth-order valence-corrected chi connectivity index (χ4v) is 8.49. The van der Waals surface area contributed by atoms with Gasteiger partial charge < -0.3 is 20.2 Å². The first-order chi connectivity index (χ1) is 15.3. The van der Waals surface area contributed by atoms with Crippen LogP contribution in [0.2, 0.25) is 5.04 Å². The molecule has 0 saturated heterocycles. The van der Waals surface area contributed by atoms with Crippen LogP contribution in [0.15, 0.2) is 72.9 Å². The number of hydrogen-bond donors (Lipinski definition) is 2. The first-order valence-corrected chi connectivity index (χ1v) is 12.4. The fraction of sp³-hybridized carbons (Fsp3) is 0.292. The van der Waals surface area contributed by atoms with Crippen molar-refractivity contribution in [1.29, 1.82) is 0 Å². The van der Waals surface area contributed by atoms with Crippen molar-refractivity contribution in [2.75, 3.05) is 24.8 Å². The SMILES string of the molecule is COC(=O)[C@@H](CO[Si](c1ccccc1)(c1ccccc1)C(C)(C)C)Nc1ccnc(N)n1. The van der Waals surface area contributed by atoms with Crippen molar-refractivity contribution in [3.8, 4) is 0 Å². The van der Waals surface area contributed by atoms with Gasteiger partial charge in [-0.25, -0.2) is 9.78 Å². The molecular formula is C24H30N4O3Si. The number of carbonyl (C=O) groups excluding carboxylic acids is 1. The molecule has 0 amide bonds. The number of esters is 1. The molecule has 168 valence electrons. The van der Waals surface area contributed by atoms with Crippen molar-refractivity contribution in [1.82, 2.24) is 9.97 Å². The number of aromatic nitrogens is 2. The number of methoxy groups -OCH3 is 1. The monoisotopic (exact) mass is 450 g/mol. The zero-order valence-electron chi connectivity index (χ0n) is 18.9. The molecule has 0 aliphatic heterocycles. The van der Waals surface area contributed by atoms with E-state index in [0.717, 1.165) is 10.4 Å². The average molecular weight is 451 g/mol. The van der Waals surface area contributed by atoms with E-state index < -0.39 is 20.3 Å².